The Labute approximate surface area is 93.2 Å². The molecule has 1 rings (SSSR count). The van der Waals surface area contributed by atoms with E-state index in [-0.39, 0.29) is 19.4 Å². The second-order valence-electron chi connectivity index (χ2n) is 4.21. The Hall–Kier alpha value is -0.740. The van der Waals surface area contributed by atoms with Crippen LogP contribution in [0, 0.1) is 5.41 Å². The lowest BCUT2D eigenvalue weighted by Gasteiger charge is -2.32. The van der Waals surface area contributed by atoms with Gasteiger partial charge in [0.2, 0.25) is 0 Å². The molecule has 0 aromatic rings. The van der Waals surface area contributed by atoms with Crippen LogP contribution in [0.3, 0.4) is 0 Å². The largest absolute Gasteiger partial charge is 0.465 e. The second kappa shape index (κ2) is 5.06. The zero-order chi connectivity index (χ0) is 12.2. The normalized spacial score (nSPS) is 21.2. The zero-order valence-electron chi connectivity index (χ0n) is 9.40. The lowest BCUT2D eigenvalue weighted by molar-refractivity contribution is -0.238. The molecule has 16 heavy (non-hydrogen) atoms. The molecule has 0 aromatic carbocycles. The van der Waals surface area contributed by atoms with Crippen LogP contribution in [0.2, 0.25) is 0 Å². The minimum absolute atomic E-state index is 0.00331. The smallest absolute Gasteiger partial charge is 0.404 e. The van der Waals surface area contributed by atoms with Crippen LogP contribution >= 0.6 is 0 Å². The number of esters is 1. The monoisotopic (exact) mass is 238 g/mol. The summed E-state index contributed by atoms with van der Waals surface area (Å²) in [5, 5.41) is 0. The number of ether oxygens (including phenoxy) is 1. The fraction of sp³-hybridized carbons (Fsp3) is 0.909. The number of hydrogen-bond donors (Lipinski definition) is 0. The van der Waals surface area contributed by atoms with E-state index in [0.717, 1.165) is 12.8 Å². The van der Waals surface area contributed by atoms with Gasteiger partial charge in [0, 0.05) is 0 Å². The lowest BCUT2D eigenvalue weighted by atomic mass is 9.79. The Morgan fingerprint density at radius 3 is 2.06 bits per heavy atom. The van der Waals surface area contributed by atoms with Crippen molar-refractivity contribution >= 4 is 5.97 Å². The number of alkyl halides is 3. The van der Waals surface area contributed by atoms with Gasteiger partial charge in [0.1, 0.15) is 0 Å². The average molecular weight is 238 g/mol. The molecule has 0 amide bonds. The molecule has 0 spiro atoms. The van der Waals surface area contributed by atoms with Gasteiger partial charge in [0.15, 0.2) is 5.41 Å². The first-order valence-electron chi connectivity index (χ1n) is 5.68. The van der Waals surface area contributed by atoms with Crippen molar-refractivity contribution in [3.63, 3.8) is 0 Å². The Bertz CT molecular complexity index is 240. The fourth-order valence-electron chi connectivity index (χ4n) is 2.20. The fourth-order valence-corrected chi connectivity index (χ4v) is 2.20. The first kappa shape index (κ1) is 13.3. The Morgan fingerprint density at radius 1 is 1.19 bits per heavy atom. The van der Waals surface area contributed by atoms with Crippen molar-refractivity contribution in [3.05, 3.63) is 0 Å². The summed E-state index contributed by atoms with van der Waals surface area (Å²) < 4.78 is 43.8. The molecule has 1 aliphatic carbocycles. The van der Waals surface area contributed by atoms with Gasteiger partial charge in [-0.3, -0.25) is 4.79 Å². The van der Waals surface area contributed by atoms with Crippen molar-refractivity contribution in [1.82, 2.24) is 0 Å². The highest BCUT2D eigenvalue weighted by atomic mass is 19.4. The number of rotatable bonds is 2. The van der Waals surface area contributed by atoms with Crippen LogP contribution in [-0.2, 0) is 9.53 Å². The molecule has 0 saturated heterocycles. The minimum atomic E-state index is -4.50. The van der Waals surface area contributed by atoms with Gasteiger partial charge in [-0.05, 0) is 19.8 Å². The molecule has 94 valence electrons. The molecule has 0 N–H and O–H groups in total. The summed E-state index contributed by atoms with van der Waals surface area (Å²) in [5.41, 5.74) is -2.25. The van der Waals surface area contributed by atoms with Gasteiger partial charge in [0.05, 0.1) is 6.61 Å². The van der Waals surface area contributed by atoms with Gasteiger partial charge in [0.25, 0.3) is 0 Å². The highest BCUT2D eigenvalue weighted by molar-refractivity contribution is 5.78. The lowest BCUT2D eigenvalue weighted by Crippen LogP contribution is -2.45. The summed E-state index contributed by atoms with van der Waals surface area (Å²) in [5.74, 6) is -1.09. The summed E-state index contributed by atoms with van der Waals surface area (Å²) in [7, 11) is 0. The number of carbonyl (C=O) groups is 1. The molecular formula is C11H17F3O2. The van der Waals surface area contributed by atoms with E-state index in [1.54, 1.807) is 0 Å². The third kappa shape index (κ3) is 2.50. The molecule has 0 aromatic heterocycles. The van der Waals surface area contributed by atoms with E-state index in [0.29, 0.717) is 12.8 Å². The molecule has 0 radical (unpaired) electrons. The molecule has 1 fully saturated rings. The van der Waals surface area contributed by atoms with Crippen LogP contribution in [0.4, 0.5) is 13.2 Å². The van der Waals surface area contributed by atoms with Crippen molar-refractivity contribution in [2.24, 2.45) is 5.41 Å². The van der Waals surface area contributed by atoms with Gasteiger partial charge in [-0.25, -0.2) is 0 Å². The van der Waals surface area contributed by atoms with E-state index in [4.69, 9.17) is 0 Å². The molecule has 0 aliphatic heterocycles. The molecule has 2 nitrogen and oxygen atoms in total. The maximum absolute atomic E-state index is 13.0. The van der Waals surface area contributed by atoms with Crippen molar-refractivity contribution in [3.8, 4) is 0 Å². The van der Waals surface area contributed by atoms with Gasteiger partial charge >= 0.3 is 12.1 Å². The predicted molar refractivity (Wildman–Crippen MR) is 52.8 cm³/mol. The number of hydrogen-bond acceptors (Lipinski definition) is 2. The molecule has 0 bridgehead atoms. The SMILES string of the molecule is CCOC(=O)C1(C(F)(F)F)CCCCCC1. The van der Waals surface area contributed by atoms with Crippen molar-refractivity contribution in [2.75, 3.05) is 6.61 Å². The van der Waals surface area contributed by atoms with Crippen LogP contribution in [0.25, 0.3) is 0 Å². The molecule has 1 saturated carbocycles. The van der Waals surface area contributed by atoms with Crippen molar-refractivity contribution in [2.45, 2.75) is 51.6 Å². The molecule has 5 heteroatoms. The van der Waals surface area contributed by atoms with Crippen LogP contribution in [-0.4, -0.2) is 18.8 Å². The summed E-state index contributed by atoms with van der Waals surface area (Å²) >= 11 is 0. The van der Waals surface area contributed by atoms with Crippen LogP contribution in [0.15, 0.2) is 0 Å². The highest BCUT2D eigenvalue weighted by Gasteiger charge is 2.60. The molecule has 0 heterocycles. The van der Waals surface area contributed by atoms with E-state index < -0.39 is 17.6 Å². The minimum Gasteiger partial charge on any atom is -0.465 e. The Balaban J connectivity index is 2.95. The first-order valence-corrected chi connectivity index (χ1v) is 5.68. The van der Waals surface area contributed by atoms with Crippen LogP contribution in [0.1, 0.15) is 45.4 Å². The zero-order valence-corrected chi connectivity index (χ0v) is 9.40. The van der Waals surface area contributed by atoms with Crippen LogP contribution < -0.4 is 0 Å². The van der Waals surface area contributed by atoms with Gasteiger partial charge < -0.3 is 4.74 Å². The van der Waals surface area contributed by atoms with Gasteiger partial charge in [-0.15, -0.1) is 0 Å². The Kier molecular flexibility index (Phi) is 4.21. The molecule has 0 unspecified atom stereocenters. The summed E-state index contributed by atoms with van der Waals surface area (Å²) in [4.78, 5) is 11.6. The average Bonchev–Trinajstić information content (AvgIpc) is 2.42. The predicted octanol–water partition coefficient (Wildman–Crippen LogP) is 3.45. The standard InChI is InChI=1S/C11H17F3O2/c1-2-16-9(15)10(11(12,13)14)7-5-3-4-6-8-10/h2-8H2,1H3. The quantitative estimate of drug-likeness (QED) is 0.544. The van der Waals surface area contributed by atoms with Crippen molar-refractivity contribution in [1.29, 1.82) is 0 Å². The molecule has 0 atom stereocenters. The summed E-state index contributed by atoms with van der Waals surface area (Å²) in [6.07, 6.45) is -2.35. The number of carbonyl (C=O) groups excluding carboxylic acids is 1. The van der Waals surface area contributed by atoms with E-state index in [9.17, 15) is 18.0 Å². The molecular weight excluding hydrogens is 221 g/mol. The highest BCUT2D eigenvalue weighted by Crippen LogP contribution is 2.48. The summed E-state index contributed by atoms with van der Waals surface area (Å²) in [6, 6.07) is 0. The third-order valence-corrected chi connectivity index (χ3v) is 3.17. The van der Waals surface area contributed by atoms with E-state index >= 15 is 0 Å². The summed E-state index contributed by atoms with van der Waals surface area (Å²) in [6.45, 7) is 1.52. The third-order valence-electron chi connectivity index (χ3n) is 3.17. The maximum Gasteiger partial charge on any atom is 0.404 e. The maximum atomic E-state index is 13.0. The Morgan fingerprint density at radius 2 is 1.69 bits per heavy atom. The van der Waals surface area contributed by atoms with E-state index in [2.05, 4.69) is 4.74 Å². The number of halogens is 3. The van der Waals surface area contributed by atoms with Crippen LogP contribution in [0.5, 0.6) is 0 Å². The second-order valence-corrected chi connectivity index (χ2v) is 4.21. The van der Waals surface area contributed by atoms with Crippen molar-refractivity contribution < 1.29 is 22.7 Å². The molecule has 1 aliphatic rings. The van der Waals surface area contributed by atoms with Gasteiger partial charge in [-0.2, -0.15) is 13.2 Å². The van der Waals surface area contributed by atoms with E-state index in [1.165, 1.54) is 6.92 Å². The van der Waals surface area contributed by atoms with Gasteiger partial charge in [-0.1, -0.05) is 25.7 Å². The topological polar surface area (TPSA) is 26.3 Å². The van der Waals surface area contributed by atoms with E-state index in [1.807, 2.05) is 0 Å². The first-order chi connectivity index (χ1) is 7.44.